The van der Waals surface area contributed by atoms with E-state index >= 15 is 0 Å². The number of aryl methyl sites for hydroxylation is 1. The summed E-state index contributed by atoms with van der Waals surface area (Å²) in [6.45, 7) is 2.22. The third kappa shape index (κ3) is 2.20. The number of nitrogens with one attached hydrogen (secondary N) is 1. The molecule has 0 saturated heterocycles. The van der Waals surface area contributed by atoms with Gasteiger partial charge in [-0.05, 0) is 30.2 Å². The van der Waals surface area contributed by atoms with Crippen LogP contribution in [0, 0.1) is 0 Å². The van der Waals surface area contributed by atoms with E-state index in [1.54, 1.807) is 18.2 Å². The Morgan fingerprint density at radius 1 is 1.15 bits per heavy atom. The van der Waals surface area contributed by atoms with Crippen LogP contribution in [-0.4, -0.2) is 12.7 Å². The summed E-state index contributed by atoms with van der Waals surface area (Å²) in [5, 5.41) is 2.93. The first-order chi connectivity index (χ1) is 9.79. The smallest absolute Gasteiger partial charge is 0.259 e. The maximum absolute atomic E-state index is 12.4. The highest BCUT2D eigenvalue weighted by Gasteiger charge is 2.22. The Hall–Kier alpha value is -2.49. The molecule has 4 heteroatoms. The largest absolute Gasteiger partial charge is 0.454 e. The molecule has 1 heterocycles. The van der Waals surface area contributed by atoms with Gasteiger partial charge < -0.3 is 14.8 Å². The molecule has 0 radical (unpaired) electrons. The van der Waals surface area contributed by atoms with Crippen LogP contribution in [0.2, 0.25) is 0 Å². The predicted molar refractivity (Wildman–Crippen MR) is 76.3 cm³/mol. The molecule has 0 aromatic heterocycles. The number of ether oxygens (including phenoxy) is 2. The molecular weight excluding hydrogens is 254 g/mol. The van der Waals surface area contributed by atoms with Crippen molar-refractivity contribution in [2.24, 2.45) is 0 Å². The lowest BCUT2D eigenvalue weighted by atomic mass is 10.1. The van der Waals surface area contributed by atoms with E-state index in [0.29, 0.717) is 17.1 Å². The second-order valence-electron chi connectivity index (χ2n) is 4.50. The molecule has 0 fully saturated rings. The van der Waals surface area contributed by atoms with E-state index in [0.717, 1.165) is 17.7 Å². The average molecular weight is 269 g/mol. The number of hydrogen-bond acceptors (Lipinski definition) is 3. The van der Waals surface area contributed by atoms with Crippen LogP contribution in [0.4, 0.5) is 5.69 Å². The Kier molecular flexibility index (Phi) is 3.29. The minimum Gasteiger partial charge on any atom is -0.454 e. The van der Waals surface area contributed by atoms with Crippen LogP contribution in [0.3, 0.4) is 0 Å². The second kappa shape index (κ2) is 5.25. The van der Waals surface area contributed by atoms with E-state index in [2.05, 4.69) is 12.2 Å². The highest BCUT2D eigenvalue weighted by atomic mass is 16.7. The molecule has 102 valence electrons. The summed E-state index contributed by atoms with van der Waals surface area (Å²) in [5.41, 5.74) is 2.42. The molecule has 1 amide bonds. The van der Waals surface area contributed by atoms with Crippen LogP contribution in [0.5, 0.6) is 11.5 Å². The topological polar surface area (TPSA) is 47.6 Å². The van der Waals surface area contributed by atoms with Gasteiger partial charge in [0, 0.05) is 5.69 Å². The molecule has 0 atom stereocenters. The summed E-state index contributed by atoms with van der Waals surface area (Å²) < 4.78 is 10.6. The molecular formula is C16H15NO3. The summed E-state index contributed by atoms with van der Waals surface area (Å²) in [4.78, 5) is 12.4. The molecule has 20 heavy (non-hydrogen) atoms. The molecule has 0 saturated carbocycles. The molecule has 2 aromatic rings. The van der Waals surface area contributed by atoms with E-state index < -0.39 is 0 Å². The van der Waals surface area contributed by atoms with Gasteiger partial charge in [-0.2, -0.15) is 0 Å². The van der Waals surface area contributed by atoms with E-state index in [9.17, 15) is 4.79 Å². The minimum atomic E-state index is -0.187. The fraction of sp³-hybridized carbons (Fsp3) is 0.188. The average Bonchev–Trinajstić information content (AvgIpc) is 2.96. The van der Waals surface area contributed by atoms with Crippen molar-refractivity contribution < 1.29 is 14.3 Å². The first-order valence-corrected chi connectivity index (χ1v) is 6.57. The molecule has 0 unspecified atom stereocenters. The Morgan fingerprint density at radius 2 is 2.00 bits per heavy atom. The first kappa shape index (κ1) is 12.5. The van der Waals surface area contributed by atoms with Crippen LogP contribution < -0.4 is 14.8 Å². The lowest BCUT2D eigenvalue weighted by Gasteiger charge is -2.10. The summed E-state index contributed by atoms with van der Waals surface area (Å²) in [6.07, 6.45) is 0.864. The van der Waals surface area contributed by atoms with Crippen molar-refractivity contribution in [3.63, 3.8) is 0 Å². The van der Waals surface area contributed by atoms with E-state index in [1.807, 2.05) is 24.3 Å². The molecule has 1 aliphatic heterocycles. The summed E-state index contributed by atoms with van der Waals surface area (Å²) in [6, 6.07) is 13.1. The van der Waals surface area contributed by atoms with Crippen LogP contribution >= 0.6 is 0 Å². The van der Waals surface area contributed by atoms with Gasteiger partial charge in [0.05, 0.1) is 5.56 Å². The number of rotatable bonds is 3. The van der Waals surface area contributed by atoms with Gasteiger partial charge in [0.1, 0.15) is 0 Å². The minimum absolute atomic E-state index is 0.158. The third-order valence-corrected chi connectivity index (χ3v) is 3.29. The number of para-hydroxylation sites is 2. The Bertz CT molecular complexity index is 652. The van der Waals surface area contributed by atoms with Crippen LogP contribution in [-0.2, 0) is 6.42 Å². The first-order valence-electron chi connectivity index (χ1n) is 6.57. The second-order valence-corrected chi connectivity index (χ2v) is 4.50. The van der Waals surface area contributed by atoms with Crippen molar-refractivity contribution in [1.82, 2.24) is 0 Å². The van der Waals surface area contributed by atoms with Gasteiger partial charge in [-0.25, -0.2) is 0 Å². The van der Waals surface area contributed by atoms with Crippen molar-refractivity contribution in [2.45, 2.75) is 13.3 Å². The zero-order valence-electron chi connectivity index (χ0n) is 11.2. The molecule has 0 bridgehead atoms. The lowest BCUT2D eigenvalue weighted by Crippen LogP contribution is -2.14. The number of carbonyl (C=O) groups excluding carboxylic acids is 1. The van der Waals surface area contributed by atoms with Gasteiger partial charge in [0.25, 0.3) is 5.91 Å². The third-order valence-electron chi connectivity index (χ3n) is 3.29. The van der Waals surface area contributed by atoms with Crippen molar-refractivity contribution in [3.05, 3.63) is 53.6 Å². The zero-order valence-corrected chi connectivity index (χ0v) is 11.2. The van der Waals surface area contributed by atoms with Crippen LogP contribution in [0.25, 0.3) is 0 Å². The van der Waals surface area contributed by atoms with E-state index in [1.165, 1.54) is 0 Å². The Balaban J connectivity index is 1.89. The SMILES string of the molecule is CCc1ccccc1NC(=O)c1cccc2c1OCO2. The summed E-state index contributed by atoms with van der Waals surface area (Å²) in [5.74, 6) is 0.939. The predicted octanol–water partition coefficient (Wildman–Crippen LogP) is 3.23. The van der Waals surface area contributed by atoms with Gasteiger partial charge in [-0.1, -0.05) is 31.2 Å². The van der Waals surface area contributed by atoms with E-state index in [4.69, 9.17) is 9.47 Å². The number of amides is 1. The lowest BCUT2D eigenvalue weighted by molar-refractivity contribution is 0.102. The highest BCUT2D eigenvalue weighted by Crippen LogP contribution is 2.35. The molecule has 2 aromatic carbocycles. The highest BCUT2D eigenvalue weighted by molar-refractivity contribution is 6.07. The monoisotopic (exact) mass is 269 g/mol. The Labute approximate surface area is 117 Å². The molecule has 3 rings (SSSR count). The fourth-order valence-corrected chi connectivity index (χ4v) is 2.25. The maximum atomic E-state index is 12.4. The van der Waals surface area contributed by atoms with Gasteiger partial charge >= 0.3 is 0 Å². The van der Waals surface area contributed by atoms with Crippen LogP contribution in [0.15, 0.2) is 42.5 Å². The van der Waals surface area contributed by atoms with E-state index in [-0.39, 0.29) is 12.7 Å². The fourth-order valence-electron chi connectivity index (χ4n) is 2.25. The molecule has 0 spiro atoms. The number of hydrogen-bond donors (Lipinski definition) is 1. The van der Waals surface area contributed by atoms with Gasteiger partial charge in [-0.3, -0.25) is 4.79 Å². The maximum Gasteiger partial charge on any atom is 0.259 e. The summed E-state index contributed by atoms with van der Waals surface area (Å²) in [7, 11) is 0. The molecule has 1 aliphatic rings. The number of fused-ring (bicyclic) bond motifs is 1. The van der Waals surface area contributed by atoms with Crippen molar-refractivity contribution >= 4 is 11.6 Å². The molecule has 4 nitrogen and oxygen atoms in total. The van der Waals surface area contributed by atoms with Crippen molar-refractivity contribution in [2.75, 3.05) is 12.1 Å². The van der Waals surface area contributed by atoms with Crippen molar-refractivity contribution in [1.29, 1.82) is 0 Å². The molecule has 1 N–H and O–H groups in total. The van der Waals surface area contributed by atoms with Gasteiger partial charge in [0.2, 0.25) is 6.79 Å². The molecule has 0 aliphatic carbocycles. The number of anilines is 1. The van der Waals surface area contributed by atoms with Crippen molar-refractivity contribution in [3.8, 4) is 11.5 Å². The quantitative estimate of drug-likeness (QED) is 0.930. The van der Waals surface area contributed by atoms with Crippen LogP contribution in [0.1, 0.15) is 22.8 Å². The number of benzene rings is 2. The normalized spacial score (nSPS) is 12.2. The number of carbonyl (C=O) groups is 1. The van der Waals surface area contributed by atoms with Gasteiger partial charge in [0.15, 0.2) is 11.5 Å². The standard InChI is InChI=1S/C16H15NO3/c1-2-11-6-3-4-8-13(11)17-16(18)12-7-5-9-14-15(12)20-10-19-14/h3-9H,2,10H2,1H3,(H,17,18). The summed E-state index contributed by atoms with van der Waals surface area (Å²) >= 11 is 0. The van der Waals surface area contributed by atoms with Gasteiger partial charge in [-0.15, -0.1) is 0 Å². The Morgan fingerprint density at radius 3 is 2.85 bits per heavy atom. The zero-order chi connectivity index (χ0) is 13.9.